The van der Waals surface area contributed by atoms with Crippen molar-refractivity contribution in [3.63, 3.8) is 0 Å². The van der Waals surface area contributed by atoms with Crippen LogP contribution in [0.15, 0.2) is 72.9 Å². The molecule has 4 aromatic rings. The molecule has 1 aromatic heterocycles. The number of hydrogen-bond acceptors (Lipinski definition) is 2. The molecule has 0 atom stereocenters. The van der Waals surface area contributed by atoms with Crippen LogP contribution in [-0.4, -0.2) is 9.49 Å². The number of fused-ring (bicyclic) bond motifs is 5. The van der Waals surface area contributed by atoms with Crippen LogP contribution in [-0.2, 0) is 0 Å². The highest BCUT2D eigenvalue weighted by Crippen LogP contribution is 2.46. The van der Waals surface area contributed by atoms with E-state index in [1.165, 1.54) is 0 Å². The summed E-state index contributed by atoms with van der Waals surface area (Å²) in [7, 11) is 0. The van der Waals surface area contributed by atoms with E-state index in [1.807, 2.05) is 42.6 Å². The molecule has 0 saturated carbocycles. The van der Waals surface area contributed by atoms with Crippen molar-refractivity contribution < 1.29 is 4.92 Å². The van der Waals surface area contributed by atoms with E-state index in [1.54, 1.807) is 12.1 Å². The van der Waals surface area contributed by atoms with E-state index in [-0.39, 0.29) is 10.6 Å². The molecule has 3 aromatic carbocycles. The lowest BCUT2D eigenvalue weighted by molar-refractivity contribution is -0.384. The smallest absolute Gasteiger partial charge is 0.279 e. The first-order valence-corrected chi connectivity index (χ1v) is 7.73. The SMILES string of the molecule is O=[N+]([O-])c1cccc2c1-c1ccccc1-c1cccc3ccn-2c13. The first kappa shape index (κ1) is 13.1. The minimum Gasteiger partial charge on any atom is -0.315 e. The lowest BCUT2D eigenvalue weighted by Gasteiger charge is -2.11. The van der Waals surface area contributed by atoms with E-state index >= 15 is 0 Å². The zero-order valence-electron chi connectivity index (χ0n) is 12.6. The summed E-state index contributed by atoms with van der Waals surface area (Å²) in [6.07, 6.45) is 1.99. The van der Waals surface area contributed by atoms with Gasteiger partial charge in [0.2, 0.25) is 0 Å². The number of nitro benzene ring substituents is 1. The molecule has 0 fully saturated rings. The number of hydrogen-bond donors (Lipinski definition) is 0. The van der Waals surface area contributed by atoms with Crippen LogP contribution in [0.4, 0.5) is 5.69 Å². The lowest BCUT2D eigenvalue weighted by atomic mass is 9.93. The molecule has 0 spiro atoms. The first-order valence-electron chi connectivity index (χ1n) is 7.73. The third-order valence-corrected chi connectivity index (χ3v) is 4.67. The van der Waals surface area contributed by atoms with Crippen molar-refractivity contribution in [1.29, 1.82) is 0 Å². The molecule has 0 aliphatic carbocycles. The predicted octanol–water partition coefficient (Wildman–Crippen LogP) is 5.19. The van der Waals surface area contributed by atoms with E-state index in [4.69, 9.17) is 0 Å². The van der Waals surface area contributed by atoms with Crippen LogP contribution in [0.2, 0.25) is 0 Å². The summed E-state index contributed by atoms with van der Waals surface area (Å²) >= 11 is 0. The number of rotatable bonds is 1. The van der Waals surface area contributed by atoms with Gasteiger partial charge in [-0.15, -0.1) is 0 Å². The highest BCUT2D eigenvalue weighted by atomic mass is 16.6. The fourth-order valence-corrected chi connectivity index (χ4v) is 3.71. The van der Waals surface area contributed by atoms with E-state index in [2.05, 4.69) is 22.8 Å². The van der Waals surface area contributed by atoms with Crippen LogP contribution in [0.25, 0.3) is 38.8 Å². The summed E-state index contributed by atoms with van der Waals surface area (Å²) in [6.45, 7) is 0. The molecule has 2 heterocycles. The summed E-state index contributed by atoms with van der Waals surface area (Å²) < 4.78 is 2.06. The predicted molar refractivity (Wildman–Crippen MR) is 94.4 cm³/mol. The van der Waals surface area contributed by atoms with Gasteiger partial charge < -0.3 is 4.57 Å². The van der Waals surface area contributed by atoms with Crippen molar-refractivity contribution in [1.82, 2.24) is 4.57 Å². The van der Waals surface area contributed by atoms with Crippen LogP contribution in [0, 0.1) is 10.1 Å². The fourth-order valence-electron chi connectivity index (χ4n) is 3.71. The Bertz CT molecular complexity index is 1140. The highest BCUT2D eigenvalue weighted by molar-refractivity contribution is 6.04. The number of nitro groups is 1. The molecular formula is C20H12N2O2. The summed E-state index contributed by atoms with van der Waals surface area (Å²) in [6, 6.07) is 21.4. The van der Waals surface area contributed by atoms with Crippen molar-refractivity contribution in [2.75, 3.05) is 0 Å². The summed E-state index contributed by atoms with van der Waals surface area (Å²) in [5.74, 6) is 0. The standard InChI is InChI=1S/C20H12N2O2/c23-22(24)18-10-4-9-17-19(18)15-7-2-1-6-14(15)16-8-3-5-13-11-12-21(17)20(13)16/h1-12H. The molecule has 1 aliphatic heterocycles. The van der Waals surface area contributed by atoms with Gasteiger partial charge in [0, 0.05) is 23.2 Å². The molecule has 4 heteroatoms. The largest absolute Gasteiger partial charge is 0.315 e. The zero-order valence-corrected chi connectivity index (χ0v) is 12.6. The van der Waals surface area contributed by atoms with Crippen molar-refractivity contribution in [2.45, 2.75) is 0 Å². The number of aromatic nitrogens is 1. The second-order valence-corrected chi connectivity index (χ2v) is 5.90. The molecular weight excluding hydrogens is 300 g/mol. The van der Waals surface area contributed by atoms with E-state index in [9.17, 15) is 10.1 Å². The highest BCUT2D eigenvalue weighted by Gasteiger charge is 2.26. The van der Waals surface area contributed by atoms with Crippen LogP contribution in [0.5, 0.6) is 0 Å². The minimum atomic E-state index is -0.299. The van der Waals surface area contributed by atoms with Gasteiger partial charge in [-0.3, -0.25) is 10.1 Å². The normalized spacial score (nSPS) is 11.7. The van der Waals surface area contributed by atoms with Gasteiger partial charge in [0.05, 0.1) is 21.7 Å². The Kier molecular flexibility index (Phi) is 2.48. The maximum absolute atomic E-state index is 11.6. The quantitative estimate of drug-likeness (QED) is 0.316. The number of nitrogens with zero attached hydrogens (tertiary/aromatic N) is 2. The number of benzene rings is 3. The van der Waals surface area contributed by atoms with Gasteiger partial charge >= 0.3 is 0 Å². The zero-order chi connectivity index (χ0) is 16.3. The van der Waals surface area contributed by atoms with Crippen molar-refractivity contribution in [3.8, 4) is 27.9 Å². The van der Waals surface area contributed by atoms with Crippen LogP contribution in [0.3, 0.4) is 0 Å². The first-order chi connectivity index (χ1) is 11.8. The second-order valence-electron chi connectivity index (χ2n) is 5.90. The number of para-hydroxylation sites is 1. The topological polar surface area (TPSA) is 48.1 Å². The van der Waals surface area contributed by atoms with Crippen molar-refractivity contribution >= 4 is 16.6 Å². The van der Waals surface area contributed by atoms with Crippen molar-refractivity contribution in [2.24, 2.45) is 0 Å². The lowest BCUT2D eigenvalue weighted by Crippen LogP contribution is -1.98. The van der Waals surface area contributed by atoms with Crippen molar-refractivity contribution in [3.05, 3.63) is 83.0 Å². The summed E-state index contributed by atoms with van der Waals surface area (Å²) in [5.41, 5.74) is 5.76. The average Bonchev–Trinajstić information content (AvgIpc) is 3.00. The molecule has 0 radical (unpaired) electrons. The summed E-state index contributed by atoms with van der Waals surface area (Å²) in [5, 5.41) is 12.8. The Morgan fingerprint density at radius 3 is 2.38 bits per heavy atom. The Balaban J connectivity index is 2.07. The van der Waals surface area contributed by atoms with Gasteiger partial charge in [0.1, 0.15) is 0 Å². The molecule has 0 saturated heterocycles. The third-order valence-electron chi connectivity index (χ3n) is 4.67. The molecule has 114 valence electrons. The third kappa shape index (κ3) is 1.57. The van der Waals surface area contributed by atoms with Crippen LogP contribution < -0.4 is 0 Å². The maximum atomic E-state index is 11.6. The molecule has 0 amide bonds. The fraction of sp³-hybridized carbons (Fsp3) is 0. The Labute approximate surface area is 137 Å². The maximum Gasteiger partial charge on any atom is 0.279 e. The summed E-state index contributed by atoms with van der Waals surface area (Å²) in [4.78, 5) is 11.3. The molecule has 0 unspecified atom stereocenters. The van der Waals surface area contributed by atoms with Crippen LogP contribution >= 0.6 is 0 Å². The van der Waals surface area contributed by atoms with Crippen LogP contribution in [0.1, 0.15) is 0 Å². The second kappa shape index (κ2) is 4.55. The minimum absolute atomic E-state index is 0.134. The van der Waals surface area contributed by atoms with Gasteiger partial charge in [-0.25, -0.2) is 0 Å². The Hall–Kier alpha value is -3.40. The Morgan fingerprint density at radius 2 is 1.54 bits per heavy atom. The van der Waals surface area contributed by atoms with Gasteiger partial charge in [0.25, 0.3) is 5.69 Å². The molecule has 0 N–H and O–H groups in total. The molecule has 0 bridgehead atoms. The van der Waals surface area contributed by atoms with E-state index in [0.29, 0.717) is 5.56 Å². The van der Waals surface area contributed by atoms with Gasteiger partial charge in [-0.1, -0.05) is 48.5 Å². The van der Waals surface area contributed by atoms with Gasteiger partial charge in [-0.2, -0.15) is 0 Å². The van der Waals surface area contributed by atoms with Gasteiger partial charge in [0.15, 0.2) is 0 Å². The van der Waals surface area contributed by atoms with Gasteiger partial charge in [-0.05, 0) is 23.3 Å². The molecule has 4 nitrogen and oxygen atoms in total. The molecule has 1 aliphatic rings. The van der Waals surface area contributed by atoms with E-state index < -0.39 is 0 Å². The average molecular weight is 312 g/mol. The molecule has 5 rings (SSSR count). The Morgan fingerprint density at radius 1 is 0.792 bits per heavy atom. The monoisotopic (exact) mass is 312 g/mol. The molecule has 24 heavy (non-hydrogen) atoms. The van der Waals surface area contributed by atoms with E-state index in [0.717, 1.165) is 33.3 Å².